The van der Waals surface area contributed by atoms with Crippen molar-refractivity contribution in [1.82, 2.24) is 20.1 Å². The van der Waals surface area contributed by atoms with Crippen molar-refractivity contribution in [2.75, 3.05) is 0 Å². The predicted octanol–water partition coefficient (Wildman–Crippen LogP) is 6.05. The van der Waals surface area contributed by atoms with E-state index in [1.54, 1.807) is 18.3 Å². The van der Waals surface area contributed by atoms with Gasteiger partial charge in [-0.25, -0.2) is 4.98 Å². The van der Waals surface area contributed by atoms with E-state index in [-0.39, 0.29) is 29.7 Å². The predicted molar refractivity (Wildman–Crippen MR) is 103 cm³/mol. The highest BCUT2D eigenvalue weighted by atomic mass is 35.5. The highest BCUT2D eigenvalue weighted by Gasteiger charge is 2.41. The molecule has 0 fully saturated rings. The molecule has 170 valence electrons. The standard InChI is InChI=1S/C19H12F6N4O2.ClH/c1-9(18(20,21)22)30-14-3-2-10(8-13(14)19(23,24)25)17-28-16(29-31-17)12-5-7-27-15-11(12)4-6-26-15;/h2-9H,1H3,(H,26,27);1H/t9-;/m1./s1. The molecule has 0 amide bonds. The molecule has 0 aliphatic carbocycles. The Bertz CT molecular complexity index is 1230. The fraction of sp³-hybridized carbons (Fsp3) is 0.211. The Morgan fingerprint density at radius 2 is 1.81 bits per heavy atom. The molecule has 32 heavy (non-hydrogen) atoms. The summed E-state index contributed by atoms with van der Waals surface area (Å²) >= 11 is 0. The number of nitrogens with one attached hydrogen (secondary N) is 1. The summed E-state index contributed by atoms with van der Waals surface area (Å²) in [6, 6.07) is 5.85. The fourth-order valence-electron chi connectivity index (χ4n) is 2.85. The lowest BCUT2D eigenvalue weighted by Gasteiger charge is -2.20. The van der Waals surface area contributed by atoms with E-state index in [4.69, 9.17) is 4.52 Å². The number of hydrogen-bond acceptors (Lipinski definition) is 5. The van der Waals surface area contributed by atoms with E-state index >= 15 is 0 Å². The molecule has 6 nitrogen and oxygen atoms in total. The van der Waals surface area contributed by atoms with Crippen molar-refractivity contribution in [1.29, 1.82) is 0 Å². The second-order valence-electron chi connectivity index (χ2n) is 6.53. The van der Waals surface area contributed by atoms with Crippen LogP contribution >= 0.6 is 12.4 Å². The first-order chi connectivity index (χ1) is 14.5. The maximum absolute atomic E-state index is 13.5. The summed E-state index contributed by atoms with van der Waals surface area (Å²) in [7, 11) is 0. The highest BCUT2D eigenvalue weighted by Crippen LogP contribution is 2.40. The van der Waals surface area contributed by atoms with Crippen LogP contribution in [0.25, 0.3) is 33.9 Å². The average molecular weight is 479 g/mol. The van der Waals surface area contributed by atoms with E-state index < -0.39 is 29.8 Å². The smallest absolute Gasteiger partial charge is 0.425 e. The van der Waals surface area contributed by atoms with Crippen LogP contribution in [0.1, 0.15) is 12.5 Å². The Morgan fingerprint density at radius 3 is 2.50 bits per heavy atom. The van der Waals surface area contributed by atoms with Crippen molar-refractivity contribution in [2.45, 2.75) is 25.4 Å². The van der Waals surface area contributed by atoms with Gasteiger partial charge in [0.1, 0.15) is 11.4 Å². The van der Waals surface area contributed by atoms with Crippen LogP contribution in [-0.2, 0) is 6.18 Å². The third kappa shape index (κ3) is 4.49. The summed E-state index contributed by atoms with van der Waals surface area (Å²) in [6.07, 6.45) is -9.07. The van der Waals surface area contributed by atoms with Crippen LogP contribution in [0.15, 0.2) is 47.2 Å². The van der Waals surface area contributed by atoms with Gasteiger partial charge in [0.05, 0.1) is 5.56 Å². The molecule has 0 saturated carbocycles. The van der Waals surface area contributed by atoms with Gasteiger partial charge in [-0.05, 0) is 37.3 Å². The van der Waals surface area contributed by atoms with Crippen molar-refractivity contribution >= 4 is 23.4 Å². The molecule has 1 atom stereocenters. The highest BCUT2D eigenvalue weighted by molar-refractivity contribution is 5.90. The summed E-state index contributed by atoms with van der Waals surface area (Å²) in [6.45, 7) is 0.620. The van der Waals surface area contributed by atoms with Crippen LogP contribution in [0.3, 0.4) is 0 Å². The zero-order chi connectivity index (χ0) is 22.4. The molecule has 4 rings (SSSR count). The molecule has 1 aromatic carbocycles. The van der Waals surface area contributed by atoms with Gasteiger partial charge in [0.15, 0.2) is 6.10 Å². The second kappa shape index (κ2) is 8.34. The number of aromatic amines is 1. The lowest BCUT2D eigenvalue weighted by Crippen LogP contribution is -2.31. The normalized spacial score (nSPS) is 13.1. The molecule has 0 radical (unpaired) electrons. The van der Waals surface area contributed by atoms with Crippen molar-refractivity contribution < 1.29 is 35.6 Å². The Kier molecular flexibility index (Phi) is 6.09. The Balaban J connectivity index is 0.00000289. The molecular weight excluding hydrogens is 466 g/mol. The Morgan fingerprint density at radius 1 is 1.06 bits per heavy atom. The lowest BCUT2D eigenvalue weighted by molar-refractivity contribution is -0.191. The van der Waals surface area contributed by atoms with Crippen molar-refractivity contribution in [3.05, 3.63) is 48.3 Å². The third-order valence-electron chi connectivity index (χ3n) is 4.42. The van der Waals surface area contributed by atoms with E-state index in [2.05, 4.69) is 24.8 Å². The van der Waals surface area contributed by atoms with Crippen molar-refractivity contribution in [3.63, 3.8) is 0 Å². The van der Waals surface area contributed by atoms with Gasteiger partial charge < -0.3 is 14.2 Å². The SMILES string of the molecule is C[C@@H](Oc1ccc(-c2nc(-c3ccnc4[nH]ccc34)no2)cc1C(F)(F)F)C(F)(F)F.Cl. The minimum atomic E-state index is -4.97. The minimum absolute atomic E-state index is 0. The molecule has 3 heterocycles. The van der Waals surface area contributed by atoms with Gasteiger partial charge in [0, 0.05) is 28.9 Å². The molecule has 0 aliphatic heterocycles. The number of aromatic nitrogens is 4. The summed E-state index contributed by atoms with van der Waals surface area (Å²) in [4.78, 5) is 11.2. The average Bonchev–Trinajstić information content (AvgIpc) is 3.36. The number of benzene rings is 1. The topological polar surface area (TPSA) is 76.8 Å². The summed E-state index contributed by atoms with van der Waals surface area (Å²) < 4.78 is 88.1. The van der Waals surface area contributed by atoms with Crippen LogP contribution in [0.2, 0.25) is 0 Å². The molecule has 0 unspecified atom stereocenters. The number of rotatable bonds is 4. The summed E-state index contributed by atoms with van der Waals surface area (Å²) in [5, 5.41) is 4.48. The zero-order valence-electron chi connectivity index (χ0n) is 16.0. The first kappa shape index (κ1) is 23.4. The van der Waals surface area contributed by atoms with E-state index in [1.165, 1.54) is 6.20 Å². The number of H-pyrrole nitrogens is 1. The Hall–Kier alpha value is -3.28. The molecule has 1 N–H and O–H groups in total. The Labute approximate surface area is 182 Å². The number of ether oxygens (including phenoxy) is 1. The quantitative estimate of drug-likeness (QED) is 0.361. The monoisotopic (exact) mass is 478 g/mol. The zero-order valence-corrected chi connectivity index (χ0v) is 16.8. The molecule has 3 aromatic heterocycles. The third-order valence-corrected chi connectivity index (χ3v) is 4.42. The van der Waals surface area contributed by atoms with Gasteiger partial charge in [-0.15, -0.1) is 12.4 Å². The van der Waals surface area contributed by atoms with Crippen LogP contribution in [0.4, 0.5) is 26.3 Å². The minimum Gasteiger partial charge on any atom is -0.481 e. The van der Waals surface area contributed by atoms with E-state index in [1.807, 2.05) is 0 Å². The van der Waals surface area contributed by atoms with E-state index in [0.29, 0.717) is 29.6 Å². The fourth-order valence-corrected chi connectivity index (χ4v) is 2.85. The molecular formula is C19H13ClF6N4O2. The van der Waals surface area contributed by atoms with Gasteiger partial charge in [-0.1, -0.05) is 5.16 Å². The number of fused-ring (bicyclic) bond motifs is 1. The van der Waals surface area contributed by atoms with Gasteiger partial charge in [-0.3, -0.25) is 0 Å². The molecule has 0 spiro atoms. The molecule has 0 aliphatic rings. The van der Waals surface area contributed by atoms with E-state index in [9.17, 15) is 26.3 Å². The number of nitrogens with zero attached hydrogens (tertiary/aromatic N) is 3. The number of pyridine rings is 1. The van der Waals surface area contributed by atoms with Crippen LogP contribution < -0.4 is 4.74 Å². The van der Waals surface area contributed by atoms with Gasteiger partial charge in [-0.2, -0.15) is 31.3 Å². The largest absolute Gasteiger partial charge is 0.481 e. The van der Waals surface area contributed by atoms with E-state index in [0.717, 1.165) is 12.1 Å². The van der Waals surface area contributed by atoms with Gasteiger partial charge in [0.2, 0.25) is 5.82 Å². The maximum atomic E-state index is 13.5. The molecule has 0 saturated heterocycles. The van der Waals surface area contributed by atoms with Crippen LogP contribution in [0, 0.1) is 0 Å². The molecule has 13 heteroatoms. The number of halogens is 7. The number of hydrogen-bond donors (Lipinski definition) is 1. The van der Waals surface area contributed by atoms with Gasteiger partial charge >= 0.3 is 12.4 Å². The second-order valence-corrected chi connectivity index (χ2v) is 6.53. The summed E-state index contributed by atoms with van der Waals surface area (Å²) in [5.74, 6) is -1.08. The summed E-state index contributed by atoms with van der Waals surface area (Å²) in [5.41, 5.74) is -0.421. The maximum Gasteiger partial charge on any atom is 0.425 e. The first-order valence-electron chi connectivity index (χ1n) is 8.75. The lowest BCUT2D eigenvalue weighted by atomic mass is 10.1. The molecule has 4 aromatic rings. The van der Waals surface area contributed by atoms with Gasteiger partial charge in [0.25, 0.3) is 5.89 Å². The van der Waals surface area contributed by atoms with Crippen LogP contribution in [-0.4, -0.2) is 32.4 Å². The van der Waals surface area contributed by atoms with Crippen molar-refractivity contribution in [3.8, 4) is 28.6 Å². The van der Waals surface area contributed by atoms with Crippen LogP contribution in [0.5, 0.6) is 5.75 Å². The number of alkyl halides is 6. The first-order valence-corrected chi connectivity index (χ1v) is 8.75. The van der Waals surface area contributed by atoms with Crippen molar-refractivity contribution in [2.24, 2.45) is 0 Å². The molecule has 0 bridgehead atoms.